The maximum absolute atomic E-state index is 12.0. The van der Waals surface area contributed by atoms with Gasteiger partial charge in [-0.05, 0) is 62.3 Å². The molecule has 2 fully saturated rings. The molecule has 37 heavy (non-hydrogen) atoms. The summed E-state index contributed by atoms with van der Waals surface area (Å²) >= 11 is 0. The van der Waals surface area contributed by atoms with Crippen molar-refractivity contribution in [2.45, 2.75) is 85.2 Å². The van der Waals surface area contributed by atoms with Crippen molar-refractivity contribution in [3.63, 3.8) is 0 Å². The van der Waals surface area contributed by atoms with Crippen LogP contribution < -0.4 is 0 Å². The molecule has 2 atom stereocenters. The molecule has 2 rings (SSSR count). The Balaban J connectivity index is 0.000000371. The van der Waals surface area contributed by atoms with E-state index in [1.54, 1.807) is 62.3 Å². The van der Waals surface area contributed by atoms with Crippen molar-refractivity contribution in [2.75, 3.05) is 52.6 Å². The number of morpholine rings is 2. The van der Waals surface area contributed by atoms with E-state index in [0.717, 1.165) is 0 Å². The Labute approximate surface area is 219 Å². The number of carbonyl (C=O) groups excluding carboxylic acids is 4. The Hall–Kier alpha value is -2.60. The number of hydrogen-bond acceptors (Lipinski definition) is 10. The predicted molar refractivity (Wildman–Crippen MR) is 133 cm³/mol. The minimum Gasteiger partial charge on any atom is -0.464 e. The first-order chi connectivity index (χ1) is 17.0. The van der Waals surface area contributed by atoms with Gasteiger partial charge in [-0.25, -0.2) is 19.2 Å². The number of hydrogen-bond donors (Lipinski definition) is 0. The van der Waals surface area contributed by atoms with Gasteiger partial charge in [0.2, 0.25) is 0 Å². The molecule has 2 amide bonds. The van der Waals surface area contributed by atoms with Gasteiger partial charge in [0.15, 0.2) is 11.7 Å². The minimum atomic E-state index is -1.12. The molecule has 12 nitrogen and oxygen atoms in total. The van der Waals surface area contributed by atoms with Crippen LogP contribution in [-0.2, 0) is 38.0 Å². The number of carbonyl (C=O) groups is 4. The summed E-state index contributed by atoms with van der Waals surface area (Å²) in [6.45, 7) is 18.2. The van der Waals surface area contributed by atoms with E-state index >= 15 is 0 Å². The molecule has 0 aliphatic carbocycles. The van der Waals surface area contributed by atoms with Crippen LogP contribution in [0.1, 0.15) is 62.3 Å². The van der Waals surface area contributed by atoms with E-state index in [9.17, 15) is 19.2 Å². The first-order valence-electron chi connectivity index (χ1n) is 12.6. The average molecular weight is 533 g/mol. The Kier molecular flexibility index (Phi) is 12.1. The molecule has 214 valence electrons. The summed E-state index contributed by atoms with van der Waals surface area (Å²) in [6, 6.07) is 0. The zero-order chi connectivity index (χ0) is 28.4. The van der Waals surface area contributed by atoms with Crippen LogP contribution >= 0.6 is 0 Å². The maximum atomic E-state index is 12.0. The van der Waals surface area contributed by atoms with Crippen molar-refractivity contribution in [3.8, 4) is 0 Å². The maximum Gasteiger partial charge on any atom is 0.410 e. The van der Waals surface area contributed by atoms with Crippen LogP contribution in [0.5, 0.6) is 0 Å². The van der Waals surface area contributed by atoms with Gasteiger partial charge in [0.25, 0.3) is 0 Å². The fourth-order valence-corrected chi connectivity index (χ4v) is 3.28. The number of amides is 2. The molecular formula is C25H44N2O10. The summed E-state index contributed by atoms with van der Waals surface area (Å²) < 4.78 is 31.1. The fraction of sp³-hybridized carbons (Fsp3) is 0.840. The molecule has 0 aromatic carbocycles. The molecule has 2 heterocycles. The van der Waals surface area contributed by atoms with Crippen molar-refractivity contribution in [1.29, 1.82) is 0 Å². The van der Waals surface area contributed by atoms with Gasteiger partial charge in [-0.3, -0.25) is 0 Å². The van der Waals surface area contributed by atoms with Crippen LogP contribution in [0, 0.1) is 0 Å². The highest BCUT2D eigenvalue weighted by atomic mass is 16.6. The Morgan fingerprint density at radius 3 is 1.86 bits per heavy atom. The Bertz CT molecular complexity index is 789. The van der Waals surface area contributed by atoms with Gasteiger partial charge in [-0.15, -0.1) is 0 Å². The van der Waals surface area contributed by atoms with Gasteiger partial charge in [0.1, 0.15) is 11.2 Å². The predicted octanol–water partition coefficient (Wildman–Crippen LogP) is 2.76. The molecule has 2 unspecified atom stereocenters. The molecule has 0 spiro atoms. The third-order valence-electron chi connectivity index (χ3n) is 4.90. The van der Waals surface area contributed by atoms with E-state index in [1.807, 2.05) is 0 Å². The lowest BCUT2D eigenvalue weighted by Crippen LogP contribution is -2.57. The average Bonchev–Trinajstić information content (AvgIpc) is 2.78. The van der Waals surface area contributed by atoms with Crippen LogP contribution in [0.25, 0.3) is 0 Å². The van der Waals surface area contributed by atoms with Crippen LogP contribution in [0.15, 0.2) is 0 Å². The smallest absolute Gasteiger partial charge is 0.410 e. The van der Waals surface area contributed by atoms with E-state index in [4.69, 9.17) is 28.4 Å². The summed E-state index contributed by atoms with van der Waals surface area (Å²) in [7, 11) is 0. The second kappa shape index (κ2) is 13.8. The lowest BCUT2D eigenvalue weighted by atomic mass is 10.1. The highest BCUT2D eigenvalue weighted by Gasteiger charge is 2.43. The van der Waals surface area contributed by atoms with Crippen LogP contribution in [0.3, 0.4) is 0 Å². The third kappa shape index (κ3) is 11.5. The molecular weight excluding hydrogens is 488 g/mol. The first-order valence-corrected chi connectivity index (χ1v) is 12.6. The van der Waals surface area contributed by atoms with E-state index in [1.165, 1.54) is 9.80 Å². The lowest BCUT2D eigenvalue weighted by molar-refractivity contribution is -0.179. The molecule has 0 radical (unpaired) electrons. The van der Waals surface area contributed by atoms with E-state index in [0.29, 0.717) is 26.3 Å². The summed E-state index contributed by atoms with van der Waals surface area (Å²) in [6.07, 6.45) is -1.59. The zero-order valence-electron chi connectivity index (χ0n) is 23.7. The molecule has 0 bridgehead atoms. The van der Waals surface area contributed by atoms with Crippen molar-refractivity contribution in [1.82, 2.24) is 9.80 Å². The number of ether oxygens (including phenoxy) is 6. The quantitative estimate of drug-likeness (QED) is 0.393. The summed E-state index contributed by atoms with van der Waals surface area (Å²) in [4.78, 5) is 50.1. The van der Waals surface area contributed by atoms with Crippen LogP contribution in [-0.4, -0.2) is 109 Å². The van der Waals surface area contributed by atoms with Crippen LogP contribution in [0.2, 0.25) is 0 Å². The molecule has 0 N–H and O–H groups in total. The second-order valence-corrected chi connectivity index (χ2v) is 10.7. The molecule has 0 saturated carbocycles. The minimum absolute atomic E-state index is 0.140. The number of rotatable bonds is 4. The van der Waals surface area contributed by atoms with Gasteiger partial charge in [-0.2, -0.15) is 0 Å². The number of nitrogens with zero attached hydrogens (tertiary/aromatic N) is 2. The monoisotopic (exact) mass is 532 g/mol. The van der Waals surface area contributed by atoms with Gasteiger partial charge in [0, 0.05) is 13.1 Å². The SMILES string of the molecule is CCOC(=O)C1(C)CN(C(=O)OC(C)(C)C)CCO1.CCOC(=O)C1CN(C(=O)OC(C)(C)C)CCO1. The summed E-state index contributed by atoms with van der Waals surface area (Å²) in [5.41, 5.74) is -2.23. The normalized spacial score (nSPS) is 22.2. The molecule has 0 aromatic rings. The van der Waals surface area contributed by atoms with Gasteiger partial charge in [-0.1, -0.05) is 0 Å². The van der Waals surface area contributed by atoms with Crippen molar-refractivity contribution >= 4 is 24.1 Å². The van der Waals surface area contributed by atoms with Gasteiger partial charge < -0.3 is 38.2 Å². The summed E-state index contributed by atoms with van der Waals surface area (Å²) in [5.74, 6) is -0.894. The molecule has 2 aliphatic heterocycles. The molecule has 2 saturated heterocycles. The topological polar surface area (TPSA) is 130 Å². The fourth-order valence-electron chi connectivity index (χ4n) is 3.28. The first kappa shape index (κ1) is 32.4. The van der Waals surface area contributed by atoms with Crippen molar-refractivity contribution in [2.24, 2.45) is 0 Å². The highest BCUT2D eigenvalue weighted by molar-refractivity contribution is 5.81. The van der Waals surface area contributed by atoms with E-state index < -0.39 is 47.0 Å². The highest BCUT2D eigenvalue weighted by Crippen LogP contribution is 2.21. The van der Waals surface area contributed by atoms with Gasteiger partial charge in [0.05, 0.1) is 39.5 Å². The van der Waals surface area contributed by atoms with E-state index in [2.05, 4.69) is 0 Å². The Morgan fingerprint density at radius 1 is 0.838 bits per heavy atom. The molecule has 2 aliphatic rings. The zero-order valence-corrected chi connectivity index (χ0v) is 23.7. The second-order valence-electron chi connectivity index (χ2n) is 10.7. The van der Waals surface area contributed by atoms with Gasteiger partial charge >= 0.3 is 24.1 Å². The van der Waals surface area contributed by atoms with Crippen LogP contribution in [0.4, 0.5) is 9.59 Å². The van der Waals surface area contributed by atoms with E-state index in [-0.39, 0.29) is 26.3 Å². The third-order valence-corrected chi connectivity index (χ3v) is 4.90. The molecule has 0 aromatic heterocycles. The largest absolute Gasteiger partial charge is 0.464 e. The lowest BCUT2D eigenvalue weighted by Gasteiger charge is -2.38. The number of esters is 2. The molecule has 12 heteroatoms. The van der Waals surface area contributed by atoms with Crippen molar-refractivity contribution < 1.29 is 47.6 Å². The van der Waals surface area contributed by atoms with Crippen molar-refractivity contribution in [3.05, 3.63) is 0 Å². The Morgan fingerprint density at radius 2 is 1.35 bits per heavy atom. The standard InChI is InChI=1S/C13H23NO5.C12H21NO5/c1-6-17-10(15)13(5)9-14(7-8-18-13)11(16)19-12(2,3)4;1-5-16-10(14)9-8-13(6-7-17-9)11(15)18-12(2,3)4/h6-9H2,1-5H3;9H,5-8H2,1-4H3. The summed E-state index contributed by atoms with van der Waals surface area (Å²) in [5, 5.41) is 0.